The highest BCUT2D eigenvalue weighted by atomic mass is 16.5. The number of ether oxygens (including phenoxy) is 3. The van der Waals surface area contributed by atoms with Crippen molar-refractivity contribution in [1.82, 2.24) is 9.97 Å². The van der Waals surface area contributed by atoms with Crippen molar-refractivity contribution >= 4 is 28.5 Å². The summed E-state index contributed by atoms with van der Waals surface area (Å²) in [4.78, 5) is 21.6. The third kappa shape index (κ3) is 4.00. The van der Waals surface area contributed by atoms with Gasteiger partial charge in [-0.3, -0.25) is 4.79 Å². The number of para-hydroxylation sites is 2. The molecule has 0 unspecified atom stereocenters. The smallest absolute Gasteiger partial charge is 0.203 e. The number of ketones is 1. The van der Waals surface area contributed by atoms with E-state index < -0.39 is 0 Å². The zero-order valence-corrected chi connectivity index (χ0v) is 17.5. The topological polar surface area (TPSA) is 73.4 Å². The minimum absolute atomic E-state index is 0.220. The zero-order valence-electron chi connectivity index (χ0n) is 17.5. The first-order valence-electron chi connectivity index (χ1n) is 9.71. The SMILES string of the molecule is COc1cc(C(=O)/C(=C/c2ccccc2)c2nc3ccccc3[nH]2)cc(OC)c1OC. The maximum atomic E-state index is 13.7. The lowest BCUT2D eigenvalue weighted by Crippen LogP contribution is -2.06. The van der Waals surface area contributed by atoms with Crippen LogP contribution < -0.4 is 14.2 Å². The average molecular weight is 414 g/mol. The molecule has 156 valence electrons. The van der Waals surface area contributed by atoms with Crippen LogP contribution in [0.25, 0.3) is 22.7 Å². The number of fused-ring (bicyclic) bond motifs is 1. The zero-order chi connectivity index (χ0) is 21.8. The van der Waals surface area contributed by atoms with Gasteiger partial charge in [0.15, 0.2) is 17.3 Å². The number of hydrogen-bond donors (Lipinski definition) is 1. The molecule has 4 aromatic rings. The lowest BCUT2D eigenvalue weighted by molar-refractivity contribution is 0.105. The summed E-state index contributed by atoms with van der Waals surface area (Å²) in [5.41, 5.74) is 3.36. The minimum atomic E-state index is -0.220. The summed E-state index contributed by atoms with van der Waals surface area (Å²) in [5.74, 6) is 1.52. The molecule has 0 saturated carbocycles. The van der Waals surface area contributed by atoms with Gasteiger partial charge in [0.2, 0.25) is 5.75 Å². The van der Waals surface area contributed by atoms with Crippen molar-refractivity contribution in [3.8, 4) is 17.2 Å². The Balaban J connectivity index is 1.88. The number of methoxy groups -OCH3 is 3. The number of rotatable bonds is 7. The van der Waals surface area contributed by atoms with E-state index in [0.717, 1.165) is 16.6 Å². The Morgan fingerprint density at radius 3 is 2.13 bits per heavy atom. The number of H-pyrrole nitrogens is 1. The Morgan fingerprint density at radius 1 is 0.871 bits per heavy atom. The fourth-order valence-electron chi connectivity index (χ4n) is 3.41. The number of nitrogens with zero attached hydrogens (tertiary/aromatic N) is 1. The molecule has 1 N–H and O–H groups in total. The van der Waals surface area contributed by atoms with Crippen LogP contribution in [0.15, 0.2) is 66.7 Å². The normalized spacial score (nSPS) is 11.4. The van der Waals surface area contributed by atoms with Gasteiger partial charge in [0.25, 0.3) is 0 Å². The number of aromatic nitrogens is 2. The molecular formula is C25H22N2O4. The first-order chi connectivity index (χ1) is 15.1. The van der Waals surface area contributed by atoms with Crippen molar-refractivity contribution in [2.24, 2.45) is 0 Å². The summed E-state index contributed by atoms with van der Waals surface area (Å²) in [5, 5.41) is 0. The maximum Gasteiger partial charge on any atom is 0.203 e. The standard InChI is InChI=1S/C25H22N2O4/c1-29-21-14-17(15-22(30-2)24(21)31-3)23(28)18(13-16-9-5-4-6-10-16)25-26-19-11-7-8-12-20(19)27-25/h4-15H,1-3H3,(H,26,27)/b18-13-. The van der Waals surface area contributed by atoms with Gasteiger partial charge in [-0.05, 0) is 35.9 Å². The molecule has 0 radical (unpaired) electrons. The first kappa shape index (κ1) is 20.2. The van der Waals surface area contributed by atoms with Crippen LogP contribution in [-0.2, 0) is 0 Å². The van der Waals surface area contributed by atoms with E-state index >= 15 is 0 Å². The van der Waals surface area contributed by atoms with Crippen LogP contribution in [0.4, 0.5) is 0 Å². The summed E-state index contributed by atoms with van der Waals surface area (Å²) in [7, 11) is 4.56. The van der Waals surface area contributed by atoms with Gasteiger partial charge in [-0.2, -0.15) is 0 Å². The third-order valence-electron chi connectivity index (χ3n) is 4.93. The number of allylic oxidation sites excluding steroid dienone is 1. The van der Waals surface area contributed by atoms with Crippen molar-refractivity contribution in [3.05, 3.63) is 83.7 Å². The Hall–Kier alpha value is -4.06. The van der Waals surface area contributed by atoms with E-state index in [0.29, 0.717) is 34.2 Å². The molecular weight excluding hydrogens is 392 g/mol. The molecule has 0 spiro atoms. The number of carbonyl (C=O) groups is 1. The predicted octanol–water partition coefficient (Wildman–Crippen LogP) is 5.01. The van der Waals surface area contributed by atoms with Crippen molar-refractivity contribution < 1.29 is 19.0 Å². The number of Topliss-reactive ketones (excluding diaryl/α,β-unsaturated/α-hetero) is 1. The van der Waals surface area contributed by atoms with Gasteiger partial charge >= 0.3 is 0 Å². The van der Waals surface area contributed by atoms with Gasteiger partial charge in [-0.15, -0.1) is 0 Å². The van der Waals surface area contributed by atoms with E-state index in [1.165, 1.54) is 21.3 Å². The largest absolute Gasteiger partial charge is 0.493 e. The second-order valence-corrected chi connectivity index (χ2v) is 6.81. The monoisotopic (exact) mass is 414 g/mol. The maximum absolute atomic E-state index is 13.7. The third-order valence-corrected chi connectivity index (χ3v) is 4.93. The first-order valence-corrected chi connectivity index (χ1v) is 9.71. The van der Waals surface area contributed by atoms with Crippen LogP contribution in [0.1, 0.15) is 21.7 Å². The van der Waals surface area contributed by atoms with Gasteiger partial charge < -0.3 is 19.2 Å². The van der Waals surface area contributed by atoms with Crippen molar-refractivity contribution in [2.75, 3.05) is 21.3 Å². The molecule has 31 heavy (non-hydrogen) atoms. The fraction of sp³-hybridized carbons (Fsp3) is 0.120. The lowest BCUT2D eigenvalue weighted by Gasteiger charge is -2.14. The molecule has 0 aliphatic heterocycles. The van der Waals surface area contributed by atoms with Gasteiger partial charge in [0.05, 0.1) is 37.9 Å². The summed E-state index contributed by atoms with van der Waals surface area (Å²) in [6.07, 6.45) is 1.82. The van der Waals surface area contributed by atoms with E-state index in [9.17, 15) is 4.79 Å². The second-order valence-electron chi connectivity index (χ2n) is 6.81. The van der Waals surface area contributed by atoms with Crippen LogP contribution in [0, 0.1) is 0 Å². The van der Waals surface area contributed by atoms with E-state index in [-0.39, 0.29) is 5.78 Å². The number of carbonyl (C=O) groups excluding carboxylic acids is 1. The lowest BCUT2D eigenvalue weighted by atomic mass is 9.99. The Kier molecular flexibility index (Phi) is 5.71. The Bertz CT molecular complexity index is 1200. The van der Waals surface area contributed by atoms with E-state index in [2.05, 4.69) is 9.97 Å². The summed E-state index contributed by atoms with van der Waals surface area (Å²) < 4.78 is 16.2. The molecule has 0 aliphatic rings. The molecule has 0 bridgehead atoms. The number of nitrogens with one attached hydrogen (secondary N) is 1. The van der Waals surface area contributed by atoms with Crippen LogP contribution in [-0.4, -0.2) is 37.1 Å². The molecule has 3 aromatic carbocycles. The number of benzene rings is 3. The number of hydrogen-bond acceptors (Lipinski definition) is 5. The highest BCUT2D eigenvalue weighted by molar-refractivity contribution is 6.32. The fourth-order valence-corrected chi connectivity index (χ4v) is 3.41. The Morgan fingerprint density at radius 2 is 1.52 bits per heavy atom. The second kappa shape index (κ2) is 8.75. The molecule has 4 rings (SSSR count). The molecule has 0 saturated heterocycles. The Labute approximate surface area is 180 Å². The quantitative estimate of drug-likeness (QED) is 0.340. The predicted molar refractivity (Wildman–Crippen MR) is 121 cm³/mol. The summed E-state index contributed by atoms with van der Waals surface area (Å²) >= 11 is 0. The highest BCUT2D eigenvalue weighted by Gasteiger charge is 2.22. The molecule has 0 amide bonds. The van der Waals surface area contributed by atoms with E-state index in [1.54, 1.807) is 12.1 Å². The summed E-state index contributed by atoms with van der Waals surface area (Å²) in [6, 6.07) is 20.6. The van der Waals surface area contributed by atoms with Crippen LogP contribution in [0.3, 0.4) is 0 Å². The highest BCUT2D eigenvalue weighted by Crippen LogP contribution is 2.39. The van der Waals surface area contributed by atoms with Gasteiger partial charge in [0, 0.05) is 5.56 Å². The average Bonchev–Trinajstić information content (AvgIpc) is 3.25. The van der Waals surface area contributed by atoms with Crippen LogP contribution >= 0.6 is 0 Å². The minimum Gasteiger partial charge on any atom is -0.493 e. The van der Waals surface area contributed by atoms with Crippen LogP contribution in [0.2, 0.25) is 0 Å². The molecule has 6 heteroatoms. The molecule has 0 atom stereocenters. The van der Waals surface area contributed by atoms with E-state index in [1.807, 2.05) is 60.7 Å². The van der Waals surface area contributed by atoms with Gasteiger partial charge in [-0.1, -0.05) is 42.5 Å². The van der Waals surface area contributed by atoms with Crippen molar-refractivity contribution in [3.63, 3.8) is 0 Å². The van der Waals surface area contributed by atoms with Crippen LogP contribution in [0.5, 0.6) is 17.2 Å². The van der Waals surface area contributed by atoms with Crippen molar-refractivity contribution in [2.45, 2.75) is 0 Å². The van der Waals surface area contributed by atoms with Gasteiger partial charge in [-0.25, -0.2) is 4.98 Å². The van der Waals surface area contributed by atoms with Crippen molar-refractivity contribution in [1.29, 1.82) is 0 Å². The van der Waals surface area contributed by atoms with Gasteiger partial charge in [0.1, 0.15) is 5.82 Å². The van der Waals surface area contributed by atoms with E-state index in [4.69, 9.17) is 14.2 Å². The molecule has 0 aliphatic carbocycles. The number of aromatic amines is 1. The summed E-state index contributed by atoms with van der Waals surface area (Å²) in [6.45, 7) is 0. The molecule has 1 aromatic heterocycles. The molecule has 0 fully saturated rings. The molecule has 6 nitrogen and oxygen atoms in total. The number of imidazole rings is 1. The molecule has 1 heterocycles.